The molecule has 92 valence electrons. The highest BCUT2D eigenvalue weighted by Crippen LogP contribution is 2.29. The van der Waals surface area contributed by atoms with E-state index < -0.39 is 0 Å². The van der Waals surface area contributed by atoms with Crippen LogP contribution in [0.4, 0.5) is 5.69 Å². The zero-order valence-electron chi connectivity index (χ0n) is 12.0. The Morgan fingerprint density at radius 2 is 1.25 bits per heavy atom. The number of rotatable bonds is 2. The molecule has 0 aliphatic carbocycles. The summed E-state index contributed by atoms with van der Waals surface area (Å²) in [5, 5.41) is 0. The Hall–Kier alpha value is -0.980. The Kier molecular flexibility index (Phi) is 6.17. The molecule has 0 saturated carbocycles. The van der Waals surface area contributed by atoms with Gasteiger partial charge in [-0.05, 0) is 61.9 Å². The van der Waals surface area contributed by atoms with Crippen LogP contribution in [0, 0.1) is 27.7 Å². The molecule has 1 heteroatoms. The van der Waals surface area contributed by atoms with E-state index in [1.165, 1.54) is 27.8 Å². The van der Waals surface area contributed by atoms with Gasteiger partial charge in [0.05, 0.1) is 0 Å². The van der Waals surface area contributed by atoms with Crippen molar-refractivity contribution in [2.24, 2.45) is 0 Å². The highest BCUT2D eigenvalue weighted by atomic mass is 14.6. The van der Waals surface area contributed by atoms with Crippen LogP contribution in [-0.4, -0.2) is 0 Å². The van der Waals surface area contributed by atoms with Gasteiger partial charge in [0, 0.05) is 5.69 Å². The largest absolute Gasteiger partial charge is 0.398 e. The van der Waals surface area contributed by atoms with Crippen LogP contribution >= 0.6 is 0 Å². The first-order valence-electron chi connectivity index (χ1n) is 6.35. The van der Waals surface area contributed by atoms with Crippen molar-refractivity contribution in [2.45, 2.75) is 61.3 Å². The minimum Gasteiger partial charge on any atom is -0.398 e. The summed E-state index contributed by atoms with van der Waals surface area (Å²) in [5.41, 5.74) is 13.9. The highest BCUT2D eigenvalue weighted by Gasteiger charge is 2.11. The van der Waals surface area contributed by atoms with Crippen LogP contribution in [0.15, 0.2) is 0 Å². The van der Waals surface area contributed by atoms with Gasteiger partial charge in [0.25, 0.3) is 0 Å². The quantitative estimate of drug-likeness (QED) is 0.732. The number of hydrogen-bond donors (Lipinski definition) is 1. The summed E-state index contributed by atoms with van der Waals surface area (Å²) in [5.74, 6) is 0. The summed E-state index contributed by atoms with van der Waals surface area (Å²) in [7, 11) is 0. The molecule has 1 nitrogen and oxygen atoms in total. The van der Waals surface area contributed by atoms with Gasteiger partial charge in [0.2, 0.25) is 0 Å². The van der Waals surface area contributed by atoms with Gasteiger partial charge in [-0.25, -0.2) is 0 Å². The van der Waals surface area contributed by atoms with E-state index in [1.54, 1.807) is 0 Å². The summed E-state index contributed by atoms with van der Waals surface area (Å²) in [4.78, 5) is 0. The molecule has 0 heterocycles. The van der Waals surface area contributed by atoms with Crippen molar-refractivity contribution >= 4 is 5.69 Å². The molecule has 0 radical (unpaired) electrons. The average molecular weight is 221 g/mol. The summed E-state index contributed by atoms with van der Waals surface area (Å²) in [6.07, 6.45) is 2.26. The number of hydrogen-bond acceptors (Lipinski definition) is 1. The van der Waals surface area contributed by atoms with Crippen molar-refractivity contribution < 1.29 is 0 Å². The molecular weight excluding hydrogens is 194 g/mol. The first-order chi connectivity index (χ1) is 7.50. The van der Waals surface area contributed by atoms with Crippen LogP contribution in [0.25, 0.3) is 0 Å². The van der Waals surface area contributed by atoms with Crippen molar-refractivity contribution in [3.05, 3.63) is 27.8 Å². The Bertz CT molecular complexity index is 322. The molecular formula is C15H27N. The van der Waals surface area contributed by atoms with Crippen molar-refractivity contribution in [1.82, 2.24) is 0 Å². The molecule has 0 amide bonds. The minimum absolute atomic E-state index is 1.01. The second kappa shape index (κ2) is 6.57. The standard InChI is InChI=1S/C13H21N.C2H6/c1-6-7-12-10(4)8(2)9(3)11(5)13(12)14;1-2/h6-7,14H2,1-5H3;1-2H3. The van der Waals surface area contributed by atoms with Crippen LogP contribution in [0.3, 0.4) is 0 Å². The van der Waals surface area contributed by atoms with E-state index in [-0.39, 0.29) is 0 Å². The van der Waals surface area contributed by atoms with Crippen LogP contribution in [-0.2, 0) is 6.42 Å². The zero-order chi connectivity index (χ0) is 12.9. The first kappa shape index (κ1) is 15.0. The van der Waals surface area contributed by atoms with Crippen LogP contribution < -0.4 is 5.73 Å². The predicted octanol–water partition coefficient (Wildman–Crippen LogP) is 4.48. The van der Waals surface area contributed by atoms with Gasteiger partial charge in [-0.1, -0.05) is 27.2 Å². The highest BCUT2D eigenvalue weighted by molar-refractivity contribution is 5.62. The molecule has 0 bridgehead atoms. The SMILES string of the molecule is CC.CCCc1c(C)c(C)c(C)c(C)c1N. The molecule has 0 atom stereocenters. The average Bonchev–Trinajstić information content (AvgIpc) is 2.32. The zero-order valence-corrected chi connectivity index (χ0v) is 12.0. The Morgan fingerprint density at radius 1 is 0.812 bits per heavy atom. The van der Waals surface area contributed by atoms with Crippen LogP contribution in [0.2, 0.25) is 0 Å². The van der Waals surface area contributed by atoms with E-state index in [9.17, 15) is 0 Å². The monoisotopic (exact) mass is 221 g/mol. The Morgan fingerprint density at radius 3 is 1.69 bits per heavy atom. The van der Waals surface area contributed by atoms with E-state index >= 15 is 0 Å². The number of nitrogens with two attached hydrogens (primary N) is 1. The van der Waals surface area contributed by atoms with Gasteiger partial charge in [0.1, 0.15) is 0 Å². The fourth-order valence-corrected chi connectivity index (χ4v) is 1.99. The van der Waals surface area contributed by atoms with E-state index in [0.29, 0.717) is 0 Å². The van der Waals surface area contributed by atoms with Gasteiger partial charge in [-0.3, -0.25) is 0 Å². The summed E-state index contributed by atoms with van der Waals surface area (Å²) >= 11 is 0. The van der Waals surface area contributed by atoms with Crippen molar-refractivity contribution in [2.75, 3.05) is 5.73 Å². The second-order valence-corrected chi connectivity index (χ2v) is 4.14. The predicted molar refractivity (Wildman–Crippen MR) is 75.1 cm³/mol. The third-order valence-corrected chi connectivity index (χ3v) is 3.37. The lowest BCUT2D eigenvalue weighted by Gasteiger charge is -2.17. The topological polar surface area (TPSA) is 26.0 Å². The van der Waals surface area contributed by atoms with Crippen molar-refractivity contribution in [1.29, 1.82) is 0 Å². The third-order valence-electron chi connectivity index (χ3n) is 3.37. The normalized spacial score (nSPS) is 9.69. The van der Waals surface area contributed by atoms with Crippen LogP contribution in [0.1, 0.15) is 55.0 Å². The maximum absolute atomic E-state index is 6.14. The lowest BCUT2D eigenvalue weighted by atomic mass is 9.90. The molecule has 0 aliphatic rings. The summed E-state index contributed by atoms with van der Waals surface area (Å²) < 4.78 is 0. The fraction of sp³-hybridized carbons (Fsp3) is 0.600. The van der Waals surface area contributed by atoms with Crippen molar-refractivity contribution in [3.63, 3.8) is 0 Å². The summed E-state index contributed by atoms with van der Waals surface area (Å²) in [6, 6.07) is 0. The number of benzene rings is 1. The smallest absolute Gasteiger partial charge is 0.0381 e. The third kappa shape index (κ3) is 2.78. The molecule has 0 spiro atoms. The molecule has 1 rings (SSSR count). The van der Waals surface area contributed by atoms with Gasteiger partial charge >= 0.3 is 0 Å². The molecule has 0 saturated heterocycles. The van der Waals surface area contributed by atoms with Gasteiger partial charge in [-0.2, -0.15) is 0 Å². The maximum atomic E-state index is 6.14. The van der Waals surface area contributed by atoms with E-state index in [4.69, 9.17) is 5.73 Å². The van der Waals surface area contributed by atoms with E-state index in [2.05, 4.69) is 34.6 Å². The van der Waals surface area contributed by atoms with Gasteiger partial charge < -0.3 is 5.73 Å². The lowest BCUT2D eigenvalue weighted by Crippen LogP contribution is -2.05. The van der Waals surface area contributed by atoms with Crippen LogP contribution in [0.5, 0.6) is 0 Å². The molecule has 0 aliphatic heterocycles. The summed E-state index contributed by atoms with van der Waals surface area (Å²) in [6.45, 7) is 14.9. The second-order valence-electron chi connectivity index (χ2n) is 4.14. The Balaban J connectivity index is 0.00000106. The molecule has 1 aromatic rings. The number of nitrogen functional groups attached to an aromatic ring is 1. The number of anilines is 1. The lowest BCUT2D eigenvalue weighted by molar-refractivity contribution is 0.908. The molecule has 0 aromatic heterocycles. The van der Waals surface area contributed by atoms with Crippen molar-refractivity contribution in [3.8, 4) is 0 Å². The minimum atomic E-state index is 1.01. The van der Waals surface area contributed by atoms with Gasteiger partial charge in [0.15, 0.2) is 0 Å². The van der Waals surface area contributed by atoms with E-state index in [1.807, 2.05) is 13.8 Å². The molecule has 0 fully saturated rings. The molecule has 16 heavy (non-hydrogen) atoms. The van der Waals surface area contributed by atoms with E-state index in [0.717, 1.165) is 18.5 Å². The molecule has 0 unspecified atom stereocenters. The first-order valence-corrected chi connectivity index (χ1v) is 6.35. The fourth-order valence-electron chi connectivity index (χ4n) is 1.99. The molecule has 2 N–H and O–H groups in total. The molecule has 1 aromatic carbocycles. The maximum Gasteiger partial charge on any atom is 0.0381 e. The van der Waals surface area contributed by atoms with Gasteiger partial charge in [-0.15, -0.1) is 0 Å². The Labute approximate surface area is 101 Å².